The van der Waals surface area contributed by atoms with E-state index >= 15 is 0 Å². The topological polar surface area (TPSA) is 71.4 Å². The molecule has 1 fully saturated rings. The highest BCUT2D eigenvalue weighted by atomic mass is 16.2. The van der Waals surface area contributed by atoms with E-state index in [0.29, 0.717) is 12.2 Å². The minimum absolute atomic E-state index is 0.0762. The standard InChI is InChI=1S/C29H25N3O3/c1-18-8-6-10-21(14-18)17-31-20(3)24(23-12-4-5-13-26(23)31)16-25-27(33)30-29(35)32(28(25)34)22-11-7-9-19(2)15-22/h4-16H,17H2,1-3H3,(H,30,33,35)/b25-16+. The number of amides is 4. The molecular formula is C29H25N3O3. The van der Waals surface area contributed by atoms with E-state index in [4.69, 9.17) is 0 Å². The van der Waals surface area contributed by atoms with Gasteiger partial charge in [0.2, 0.25) is 0 Å². The van der Waals surface area contributed by atoms with Gasteiger partial charge < -0.3 is 4.57 Å². The van der Waals surface area contributed by atoms with Gasteiger partial charge in [-0.05, 0) is 56.2 Å². The second-order valence-electron chi connectivity index (χ2n) is 8.89. The normalized spacial score (nSPS) is 15.2. The Morgan fingerprint density at radius 2 is 1.54 bits per heavy atom. The van der Waals surface area contributed by atoms with Crippen LogP contribution in [0.4, 0.5) is 10.5 Å². The number of imide groups is 2. The Hall–Kier alpha value is -4.45. The van der Waals surface area contributed by atoms with Gasteiger partial charge in [-0.3, -0.25) is 14.9 Å². The zero-order valence-electron chi connectivity index (χ0n) is 19.8. The number of nitrogens with zero attached hydrogens (tertiary/aromatic N) is 2. The lowest BCUT2D eigenvalue weighted by Gasteiger charge is -2.26. The molecule has 1 aromatic heterocycles. The van der Waals surface area contributed by atoms with Crippen molar-refractivity contribution in [2.45, 2.75) is 27.3 Å². The molecule has 3 aromatic carbocycles. The molecule has 2 heterocycles. The van der Waals surface area contributed by atoms with Crippen molar-refractivity contribution in [1.29, 1.82) is 0 Å². The number of hydrogen-bond acceptors (Lipinski definition) is 3. The smallest absolute Gasteiger partial charge is 0.335 e. The lowest BCUT2D eigenvalue weighted by Crippen LogP contribution is -2.54. The maximum absolute atomic E-state index is 13.4. The summed E-state index contributed by atoms with van der Waals surface area (Å²) in [5.74, 6) is -1.34. The van der Waals surface area contributed by atoms with Crippen LogP contribution in [-0.4, -0.2) is 22.4 Å². The maximum Gasteiger partial charge on any atom is 0.335 e. The fourth-order valence-corrected chi connectivity index (χ4v) is 4.64. The third-order valence-electron chi connectivity index (χ3n) is 6.35. The first-order valence-corrected chi connectivity index (χ1v) is 11.4. The summed E-state index contributed by atoms with van der Waals surface area (Å²) in [7, 11) is 0. The van der Waals surface area contributed by atoms with Gasteiger partial charge in [0, 0.05) is 28.7 Å². The van der Waals surface area contributed by atoms with Crippen molar-refractivity contribution in [3.05, 3.63) is 106 Å². The summed E-state index contributed by atoms with van der Waals surface area (Å²) in [6.45, 7) is 6.58. The van der Waals surface area contributed by atoms with E-state index in [1.165, 1.54) is 5.56 Å². The third-order valence-corrected chi connectivity index (χ3v) is 6.35. The number of anilines is 1. The summed E-state index contributed by atoms with van der Waals surface area (Å²) < 4.78 is 2.19. The van der Waals surface area contributed by atoms with Crippen molar-refractivity contribution >= 4 is 40.5 Å². The molecule has 6 nitrogen and oxygen atoms in total. The van der Waals surface area contributed by atoms with Gasteiger partial charge >= 0.3 is 6.03 Å². The lowest BCUT2D eigenvalue weighted by atomic mass is 10.0. The van der Waals surface area contributed by atoms with Gasteiger partial charge in [0.15, 0.2) is 0 Å². The van der Waals surface area contributed by atoms with Crippen LogP contribution in [0.25, 0.3) is 17.0 Å². The van der Waals surface area contributed by atoms with E-state index in [2.05, 4.69) is 35.0 Å². The summed E-state index contributed by atoms with van der Waals surface area (Å²) in [5.41, 5.74) is 6.32. The average Bonchev–Trinajstić information content (AvgIpc) is 3.07. The van der Waals surface area contributed by atoms with Crippen LogP contribution < -0.4 is 10.2 Å². The van der Waals surface area contributed by atoms with Crippen LogP contribution in [0, 0.1) is 20.8 Å². The van der Waals surface area contributed by atoms with Crippen LogP contribution in [-0.2, 0) is 16.1 Å². The molecule has 4 aromatic rings. The largest absolute Gasteiger partial charge is 0.340 e. The maximum atomic E-state index is 13.4. The van der Waals surface area contributed by atoms with Crippen LogP contribution >= 0.6 is 0 Å². The molecule has 174 valence electrons. The predicted molar refractivity (Wildman–Crippen MR) is 137 cm³/mol. The molecule has 0 saturated carbocycles. The summed E-state index contributed by atoms with van der Waals surface area (Å²) in [5, 5.41) is 3.26. The number of urea groups is 1. The number of benzene rings is 3. The molecule has 0 spiro atoms. The number of aryl methyl sites for hydroxylation is 2. The third kappa shape index (κ3) is 4.04. The highest BCUT2D eigenvalue weighted by molar-refractivity contribution is 6.39. The molecular weight excluding hydrogens is 438 g/mol. The molecule has 6 heteroatoms. The molecule has 4 amide bonds. The summed E-state index contributed by atoms with van der Waals surface area (Å²) >= 11 is 0. The first-order valence-electron chi connectivity index (χ1n) is 11.4. The molecule has 0 radical (unpaired) electrons. The summed E-state index contributed by atoms with van der Waals surface area (Å²) in [6, 6.07) is 22.6. The quantitative estimate of drug-likeness (QED) is 0.331. The molecule has 1 N–H and O–H groups in total. The Balaban J connectivity index is 1.62. The van der Waals surface area contributed by atoms with Gasteiger partial charge in [0.05, 0.1) is 5.69 Å². The van der Waals surface area contributed by atoms with Gasteiger partial charge in [-0.1, -0.05) is 60.2 Å². The Bertz CT molecular complexity index is 1540. The van der Waals surface area contributed by atoms with E-state index in [1.807, 2.05) is 50.2 Å². The second-order valence-corrected chi connectivity index (χ2v) is 8.89. The van der Waals surface area contributed by atoms with Crippen molar-refractivity contribution < 1.29 is 14.4 Å². The van der Waals surface area contributed by atoms with Crippen LogP contribution in [0.5, 0.6) is 0 Å². The van der Waals surface area contributed by atoms with E-state index in [0.717, 1.165) is 38.2 Å². The number of aromatic nitrogens is 1. The number of hydrogen-bond donors (Lipinski definition) is 1. The van der Waals surface area contributed by atoms with Crippen molar-refractivity contribution in [2.24, 2.45) is 0 Å². The molecule has 0 unspecified atom stereocenters. The van der Waals surface area contributed by atoms with E-state index < -0.39 is 17.8 Å². The fraction of sp³-hybridized carbons (Fsp3) is 0.138. The van der Waals surface area contributed by atoms with E-state index in [-0.39, 0.29) is 5.57 Å². The van der Waals surface area contributed by atoms with Crippen molar-refractivity contribution in [2.75, 3.05) is 4.90 Å². The van der Waals surface area contributed by atoms with Crippen molar-refractivity contribution in [3.63, 3.8) is 0 Å². The Labute approximate surface area is 203 Å². The Morgan fingerprint density at radius 1 is 0.829 bits per heavy atom. The van der Waals surface area contributed by atoms with Crippen LogP contribution in [0.2, 0.25) is 0 Å². The van der Waals surface area contributed by atoms with Gasteiger partial charge in [-0.25, -0.2) is 9.69 Å². The van der Waals surface area contributed by atoms with Gasteiger partial charge in [-0.2, -0.15) is 0 Å². The zero-order valence-corrected chi connectivity index (χ0v) is 19.8. The Kier molecular flexibility index (Phi) is 5.57. The van der Waals surface area contributed by atoms with Crippen LogP contribution in [0.1, 0.15) is 27.9 Å². The zero-order chi connectivity index (χ0) is 24.7. The lowest BCUT2D eigenvalue weighted by molar-refractivity contribution is -0.122. The first-order chi connectivity index (χ1) is 16.8. The molecule has 35 heavy (non-hydrogen) atoms. The van der Waals surface area contributed by atoms with Crippen molar-refractivity contribution in [1.82, 2.24) is 9.88 Å². The molecule has 1 aliphatic rings. The number of fused-ring (bicyclic) bond motifs is 1. The number of rotatable bonds is 4. The van der Waals surface area contributed by atoms with Crippen molar-refractivity contribution in [3.8, 4) is 0 Å². The number of para-hydroxylation sites is 1. The molecule has 0 bridgehead atoms. The average molecular weight is 464 g/mol. The highest BCUT2D eigenvalue weighted by Gasteiger charge is 2.37. The van der Waals surface area contributed by atoms with Gasteiger partial charge in [-0.15, -0.1) is 0 Å². The molecule has 1 aliphatic heterocycles. The fourth-order valence-electron chi connectivity index (χ4n) is 4.64. The molecule has 5 rings (SSSR count). The molecule has 1 saturated heterocycles. The van der Waals surface area contributed by atoms with E-state index in [1.54, 1.807) is 24.3 Å². The van der Waals surface area contributed by atoms with Crippen LogP contribution in [0.15, 0.2) is 78.4 Å². The number of nitrogens with one attached hydrogen (secondary N) is 1. The number of barbiturate groups is 1. The van der Waals surface area contributed by atoms with Gasteiger partial charge in [0.1, 0.15) is 5.57 Å². The number of carbonyl (C=O) groups excluding carboxylic acids is 3. The molecule has 0 atom stereocenters. The molecule has 0 aliphatic carbocycles. The van der Waals surface area contributed by atoms with Crippen LogP contribution in [0.3, 0.4) is 0 Å². The highest BCUT2D eigenvalue weighted by Crippen LogP contribution is 2.30. The minimum Gasteiger partial charge on any atom is -0.340 e. The first kappa shape index (κ1) is 22.3. The Morgan fingerprint density at radius 3 is 2.29 bits per heavy atom. The monoisotopic (exact) mass is 463 g/mol. The number of carbonyl (C=O) groups is 3. The summed E-state index contributed by atoms with van der Waals surface area (Å²) in [4.78, 5) is 39.8. The van der Waals surface area contributed by atoms with E-state index in [9.17, 15) is 14.4 Å². The van der Waals surface area contributed by atoms with Gasteiger partial charge in [0.25, 0.3) is 11.8 Å². The predicted octanol–water partition coefficient (Wildman–Crippen LogP) is 5.28. The summed E-state index contributed by atoms with van der Waals surface area (Å²) in [6.07, 6.45) is 1.61. The SMILES string of the molecule is Cc1cccc(Cn2c(C)c(/C=C3\C(=O)NC(=O)N(c4cccc(C)c4)C3=O)c3ccccc32)c1. The minimum atomic E-state index is -0.749. The second kappa shape index (κ2) is 8.72.